The van der Waals surface area contributed by atoms with E-state index in [-0.39, 0.29) is 10.6 Å². The first kappa shape index (κ1) is 21.3. The maximum Gasteiger partial charge on any atom is 0.342 e. The van der Waals surface area contributed by atoms with Crippen molar-refractivity contribution in [2.24, 2.45) is 0 Å². The molecule has 10 heteroatoms. The van der Waals surface area contributed by atoms with Gasteiger partial charge in [0.1, 0.15) is 10.7 Å². The molecule has 2 N–H and O–H groups in total. The number of aromatic amines is 1. The molecule has 0 bridgehead atoms. The maximum atomic E-state index is 11.9. The number of carboxylic acids is 1. The lowest BCUT2D eigenvalue weighted by Gasteiger charge is -2.09. The molecule has 2 aromatic carbocycles. The van der Waals surface area contributed by atoms with Crippen molar-refractivity contribution in [3.8, 4) is 0 Å². The molecule has 0 aliphatic carbocycles. The van der Waals surface area contributed by atoms with E-state index in [1.807, 2.05) is 31.2 Å². The quantitative estimate of drug-likeness (QED) is 0.183. The Kier molecular flexibility index (Phi) is 5.78. The van der Waals surface area contributed by atoms with E-state index >= 15 is 0 Å². The van der Waals surface area contributed by atoms with E-state index in [0.29, 0.717) is 17.5 Å². The minimum absolute atomic E-state index is 0.0387. The molecule has 2 aromatic heterocycles. The second-order valence-electron chi connectivity index (χ2n) is 7.15. The monoisotopic (exact) mass is 449 g/mol. The van der Waals surface area contributed by atoms with Gasteiger partial charge in [0.2, 0.25) is 5.16 Å². The van der Waals surface area contributed by atoms with Crippen LogP contribution in [-0.2, 0) is 11.3 Å². The fourth-order valence-electron chi connectivity index (χ4n) is 3.48. The lowest BCUT2D eigenvalue weighted by molar-refractivity contribution is -0.384. The van der Waals surface area contributed by atoms with E-state index in [4.69, 9.17) is 0 Å². The molecule has 0 radical (unpaired) electrons. The van der Waals surface area contributed by atoms with Crippen LogP contribution in [-0.4, -0.2) is 35.7 Å². The normalized spacial score (nSPS) is 11.8. The number of fused-ring (bicyclic) bond motifs is 1. The first-order chi connectivity index (χ1) is 15.3. The fraction of sp³-hybridized carbons (Fsp3) is 0.136. The number of carboxylic acid groups (broad SMARTS) is 1. The van der Waals surface area contributed by atoms with Gasteiger partial charge >= 0.3 is 5.97 Å². The average molecular weight is 449 g/mol. The average Bonchev–Trinajstić information content (AvgIpc) is 3.29. The van der Waals surface area contributed by atoms with Gasteiger partial charge in [0.25, 0.3) is 5.69 Å². The van der Waals surface area contributed by atoms with Crippen molar-refractivity contribution in [1.29, 1.82) is 0 Å². The third kappa shape index (κ3) is 4.26. The number of hydrogen-bond acceptors (Lipinski definition) is 6. The largest absolute Gasteiger partial charge is 0.477 e. The summed E-state index contributed by atoms with van der Waals surface area (Å²) in [5.41, 5.74) is 3.56. The Morgan fingerprint density at radius 3 is 2.56 bits per heavy atom. The zero-order chi connectivity index (χ0) is 22.8. The summed E-state index contributed by atoms with van der Waals surface area (Å²) in [6.07, 6.45) is 1.64. The molecule has 32 heavy (non-hydrogen) atoms. The number of rotatable bonds is 7. The van der Waals surface area contributed by atoms with Crippen molar-refractivity contribution < 1.29 is 14.8 Å². The van der Waals surface area contributed by atoms with Gasteiger partial charge in [-0.15, -0.1) is 5.10 Å². The molecule has 0 saturated heterocycles. The molecule has 2 heterocycles. The first-order valence-electron chi connectivity index (χ1n) is 9.66. The number of para-hydroxylation sites is 1. The number of nitrogens with zero attached hydrogens (tertiary/aromatic N) is 4. The number of H-pyrrole nitrogens is 1. The molecular weight excluding hydrogens is 430 g/mol. The molecule has 4 aromatic rings. The van der Waals surface area contributed by atoms with Crippen LogP contribution < -0.4 is 0 Å². The third-order valence-electron chi connectivity index (χ3n) is 5.03. The first-order valence-corrected chi connectivity index (χ1v) is 10.5. The molecule has 0 aliphatic rings. The molecule has 0 saturated carbocycles. The third-order valence-corrected chi connectivity index (χ3v) is 5.91. The lowest BCUT2D eigenvalue weighted by Crippen LogP contribution is -2.02. The number of aliphatic carboxylic acids is 1. The molecule has 0 fully saturated rings. The summed E-state index contributed by atoms with van der Waals surface area (Å²) in [6.45, 7) is 4.17. The van der Waals surface area contributed by atoms with E-state index < -0.39 is 10.9 Å². The summed E-state index contributed by atoms with van der Waals surface area (Å²) in [5.74, 6) is -0.461. The standard InChI is InChI=1S/C22H19N5O4S/c1-13-18(11-20(21(28)29)32-22-23-14(2)24-25-22)17-5-3-4-6-19(17)26(13)12-15-7-9-16(10-8-15)27(30)31/h3-11H,12H2,1-2H3,(H,28,29)(H,23,24,25)/b20-11-. The number of thioether (sulfide) groups is 1. The summed E-state index contributed by atoms with van der Waals surface area (Å²) in [6, 6.07) is 14.2. The molecule has 9 nitrogen and oxygen atoms in total. The van der Waals surface area contributed by atoms with Crippen molar-refractivity contribution in [2.75, 3.05) is 0 Å². The molecule has 0 atom stereocenters. The Hall–Kier alpha value is -3.92. The van der Waals surface area contributed by atoms with Crippen molar-refractivity contribution in [3.63, 3.8) is 0 Å². The van der Waals surface area contributed by atoms with Crippen LogP contribution in [0.4, 0.5) is 5.69 Å². The highest BCUT2D eigenvalue weighted by Gasteiger charge is 2.18. The van der Waals surface area contributed by atoms with Gasteiger partial charge in [-0.2, -0.15) is 0 Å². The van der Waals surface area contributed by atoms with E-state index in [9.17, 15) is 20.0 Å². The molecule has 0 amide bonds. The van der Waals surface area contributed by atoms with E-state index in [1.54, 1.807) is 25.1 Å². The van der Waals surface area contributed by atoms with Crippen LogP contribution in [0.2, 0.25) is 0 Å². The molecule has 0 spiro atoms. The van der Waals surface area contributed by atoms with Crippen LogP contribution in [0.15, 0.2) is 58.6 Å². The van der Waals surface area contributed by atoms with Crippen molar-refractivity contribution in [3.05, 3.63) is 86.2 Å². The fourth-order valence-corrected chi connectivity index (χ4v) is 4.22. The van der Waals surface area contributed by atoms with Gasteiger partial charge in [-0.3, -0.25) is 15.2 Å². The van der Waals surface area contributed by atoms with E-state index in [2.05, 4.69) is 19.7 Å². The highest BCUT2D eigenvalue weighted by Crippen LogP contribution is 2.32. The topological polar surface area (TPSA) is 127 Å². The van der Waals surface area contributed by atoms with Crippen LogP contribution in [0.3, 0.4) is 0 Å². The van der Waals surface area contributed by atoms with Crippen molar-refractivity contribution in [1.82, 2.24) is 19.7 Å². The molecule has 0 aliphatic heterocycles. The smallest absolute Gasteiger partial charge is 0.342 e. The number of nitro groups is 1. The van der Waals surface area contributed by atoms with Gasteiger partial charge in [-0.1, -0.05) is 30.3 Å². The second kappa shape index (κ2) is 8.67. The summed E-state index contributed by atoms with van der Waals surface area (Å²) in [4.78, 5) is 26.7. The van der Waals surface area contributed by atoms with Crippen LogP contribution >= 0.6 is 11.8 Å². The number of hydrogen-bond donors (Lipinski definition) is 2. The molecular formula is C22H19N5O4S. The van der Waals surface area contributed by atoms with Gasteiger partial charge in [-0.25, -0.2) is 9.78 Å². The molecule has 162 valence electrons. The van der Waals surface area contributed by atoms with Gasteiger partial charge < -0.3 is 9.67 Å². The predicted octanol–water partition coefficient (Wildman–Crippen LogP) is 4.55. The van der Waals surface area contributed by atoms with Crippen molar-refractivity contribution in [2.45, 2.75) is 25.5 Å². The maximum absolute atomic E-state index is 11.9. The number of benzene rings is 2. The van der Waals surface area contributed by atoms with E-state index in [0.717, 1.165) is 39.5 Å². The summed E-state index contributed by atoms with van der Waals surface area (Å²) >= 11 is 0.982. The second-order valence-corrected chi connectivity index (χ2v) is 8.15. The highest BCUT2D eigenvalue weighted by atomic mass is 32.2. The number of non-ortho nitro benzene ring substituents is 1. The lowest BCUT2D eigenvalue weighted by atomic mass is 10.1. The minimum atomic E-state index is -1.07. The Morgan fingerprint density at radius 1 is 1.22 bits per heavy atom. The minimum Gasteiger partial charge on any atom is -0.477 e. The Balaban J connectivity index is 1.76. The van der Waals surface area contributed by atoms with E-state index in [1.165, 1.54) is 12.1 Å². The highest BCUT2D eigenvalue weighted by molar-refractivity contribution is 8.04. The summed E-state index contributed by atoms with van der Waals surface area (Å²) < 4.78 is 2.07. The molecule has 0 unspecified atom stereocenters. The summed E-state index contributed by atoms with van der Waals surface area (Å²) in [7, 11) is 0. The Labute approximate surface area is 186 Å². The predicted molar refractivity (Wildman–Crippen MR) is 121 cm³/mol. The Bertz CT molecular complexity index is 1350. The van der Waals surface area contributed by atoms with Crippen LogP contribution in [0.1, 0.15) is 22.6 Å². The van der Waals surface area contributed by atoms with Gasteiger partial charge in [0.15, 0.2) is 0 Å². The van der Waals surface area contributed by atoms with Gasteiger partial charge in [0, 0.05) is 40.8 Å². The summed E-state index contributed by atoms with van der Waals surface area (Å²) in [5, 5.41) is 28.7. The number of aryl methyl sites for hydroxylation is 1. The number of aromatic nitrogens is 4. The zero-order valence-electron chi connectivity index (χ0n) is 17.3. The number of nitro benzene ring substituents is 1. The number of carbonyl (C=O) groups is 1. The van der Waals surface area contributed by atoms with Crippen LogP contribution in [0.25, 0.3) is 17.0 Å². The van der Waals surface area contributed by atoms with Crippen molar-refractivity contribution >= 4 is 40.4 Å². The van der Waals surface area contributed by atoms with Crippen LogP contribution in [0, 0.1) is 24.0 Å². The SMILES string of the molecule is Cc1nc(S/C(=C\c2c(C)n(Cc3ccc([N+](=O)[O-])cc3)c3ccccc23)C(=O)O)n[nH]1. The Morgan fingerprint density at radius 2 is 1.94 bits per heavy atom. The van der Waals surface area contributed by atoms with Gasteiger partial charge in [0.05, 0.1) is 4.92 Å². The number of nitrogens with one attached hydrogen (secondary N) is 1. The molecule has 4 rings (SSSR count). The zero-order valence-corrected chi connectivity index (χ0v) is 18.1. The van der Waals surface area contributed by atoms with Crippen LogP contribution in [0.5, 0.6) is 0 Å². The van der Waals surface area contributed by atoms with Gasteiger partial charge in [-0.05, 0) is 43.3 Å².